The summed E-state index contributed by atoms with van der Waals surface area (Å²) in [6.07, 6.45) is -3.73. The molecule has 0 fully saturated rings. The molecule has 0 heterocycles. The molecule has 0 spiro atoms. The van der Waals surface area contributed by atoms with Gasteiger partial charge in [0.2, 0.25) is 5.75 Å². The van der Waals surface area contributed by atoms with E-state index < -0.39 is 47.2 Å². The van der Waals surface area contributed by atoms with Crippen molar-refractivity contribution in [2.75, 3.05) is 21.3 Å². The molecule has 0 radical (unpaired) electrons. The smallest absolute Gasteiger partial charge is 0.478 e. The van der Waals surface area contributed by atoms with Gasteiger partial charge in [-0.1, -0.05) is 0 Å². The van der Waals surface area contributed by atoms with Crippen LogP contribution in [0.4, 0.5) is 14.4 Å². The van der Waals surface area contributed by atoms with Crippen LogP contribution in [0.1, 0.15) is 10.4 Å². The van der Waals surface area contributed by atoms with Gasteiger partial charge in [0.05, 0.1) is 26.9 Å². The second-order valence-corrected chi connectivity index (χ2v) is 3.78. The van der Waals surface area contributed by atoms with Crippen molar-refractivity contribution >= 4 is 24.4 Å². The Kier molecular flexibility index (Phi) is 6.35. The van der Waals surface area contributed by atoms with Gasteiger partial charge >= 0.3 is 24.4 Å². The zero-order valence-electron chi connectivity index (χ0n) is 12.7. The average Bonchev–Trinajstić information content (AvgIpc) is 2.56. The van der Waals surface area contributed by atoms with Crippen LogP contribution in [0.3, 0.4) is 0 Å². The maximum absolute atomic E-state index is 11.3. The summed E-state index contributed by atoms with van der Waals surface area (Å²) < 4.78 is 27.0. The van der Waals surface area contributed by atoms with E-state index in [4.69, 9.17) is 19.3 Å². The van der Waals surface area contributed by atoms with Crippen molar-refractivity contribution in [2.45, 2.75) is 0 Å². The van der Waals surface area contributed by atoms with Crippen molar-refractivity contribution in [1.29, 1.82) is 0 Å². The number of carboxylic acid groups (broad SMARTS) is 1. The van der Waals surface area contributed by atoms with Crippen LogP contribution in [0.15, 0.2) is 12.1 Å². The van der Waals surface area contributed by atoms with Crippen LogP contribution < -0.4 is 14.2 Å². The summed E-state index contributed by atoms with van der Waals surface area (Å²) in [5.74, 6) is -3.16. The highest BCUT2D eigenvalue weighted by Gasteiger charge is 2.25. The van der Waals surface area contributed by atoms with Gasteiger partial charge in [-0.3, -0.25) is 0 Å². The van der Waals surface area contributed by atoms with E-state index in [1.807, 2.05) is 0 Å². The van der Waals surface area contributed by atoms with E-state index in [-0.39, 0.29) is 0 Å². The minimum Gasteiger partial charge on any atom is -0.478 e. The molecule has 1 rings (SSSR count). The lowest BCUT2D eigenvalue weighted by molar-refractivity contribution is 0.0693. The summed E-state index contributed by atoms with van der Waals surface area (Å²) >= 11 is 0. The molecule has 0 aliphatic carbocycles. The molecule has 0 aliphatic rings. The second-order valence-electron chi connectivity index (χ2n) is 3.78. The summed E-state index contributed by atoms with van der Waals surface area (Å²) in [4.78, 5) is 45.0. The average molecular weight is 344 g/mol. The van der Waals surface area contributed by atoms with E-state index in [0.717, 1.165) is 33.5 Å². The standard InChI is InChI=1S/C13H12O11/c1-19-11(16)22-7-4-6(10(14)15)5-8(23-12(17)20-2)9(7)24-13(18)21-3/h4-5H,1-3H3,(H,14,15). The second kappa shape index (κ2) is 8.22. The molecular weight excluding hydrogens is 332 g/mol. The first-order chi connectivity index (χ1) is 11.3. The quantitative estimate of drug-likeness (QED) is 0.485. The Bertz CT molecular complexity index is 625. The predicted octanol–water partition coefficient (Wildman–Crippen LogP) is 1.82. The summed E-state index contributed by atoms with van der Waals surface area (Å²) in [7, 11) is 2.99. The SMILES string of the molecule is COC(=O)Oc1cc(C(=O)O)cc(OC(=O)OC)c1OC(=O)OC. The van der Waals surface area contributed by atoms with Gasteiger partial charge in [0.15, 0.2) is 11.5 Å². The van der Waals surface area contributed by atoms with Crippen LogP contribution in [-0.2, 0) is 14.2 Å². The Morgan fingerprint density at radius 2 is 1.12 bits per heavy atom. The van der Waals surface area contributed by atoms with Gasteiger partial charge in [-0.05, 0) is 12.1 Å². The molecule has 0 aliphatic heterocycles. The molecule has 1 aromatic carbocycles. The molecule has 0 aromatic heterocycles. The summed E-state index contributed by atoms with van der Waals surface area (Å²) in [6, 6.07) is 1.70. The highest BCUT2D eigenvalue weighted by molar-refractivity contribution is 5.90. The number of methoxy groups -OCH3 is 3. The van der Waals surface area contributed by atoms with Crippen LogP contribution in [0.25, 0.3) is 0 Å². The third-order valence-electron chi connectivity index (χ3n) is 2.34. The molecule has 0 saturated carbocycles. The molecule has 0 atom stereocenters. The van der Waals surface area contributed by atoms with Crippen LogP contribution in [-0.4, -0.2) is 50.9 Å². The molecule has 0 bridgehead atoms. The van der Waals surface area contributed by atoms with E-state index >= 15 is 0 Å². The third kappa shape index (κ3) is 4.76. The molecule has 1 aromatic rings. The first-order valence-electron chi connectivity index (χ1n) is 6.01. The fourth-order valence-corrected chi connectivity index (χ4v) is 1.34. The van der Waals surface area contributed by atoms with Crippen molar-refractivity contribution in [3.05, 3.63) is 17.7 Å². The molecular formula is C13H12O11. The fraction of sp³-hybridized carbons (Fsp3) is 0.231. The molecule has 11 nitrogen and oxygen atoms in total. The Hall–Kier alpha value is -3.50. The van der Waals surface area contributed by atoms with Crippen LogP contribution in [0, 0.1) is 0 Å². The summed E-state index contributed by atoms with van der Waals surface area (Å²) in [5.41, 5.74) is -0.440. The van der Waals surface area contributed by atoms with Crippen molar-refractivity contribution in [3.63, 3.8) is 0 Å². The van der Waals surface area contributed by atoms with Gasteiger partial charge in [-0.2, -0.15) is 0 Å². The minimum atomic E-state index is -1.44. The van der Waals surface area contributed by atoms with E-state index in [1.165, 1.54) is 0 Å². The predicted molar refractivity (Wildman–Crippen MR) is 72.5 cm³/mol. The third-order valence-corrected chi connectivity index (χ3v) is 2.34. The van der Waals surface area contributed by atoms with Gasteiger partial charge < -0.3 is 33.5 Å². The van der Waals surface area contributed by atoms with Gasteiger partial charge in [0, 0.05) is 0 Å². The lowest BCUT2D eigenvalue weighted by Crippen LogP contribution is -2.15. The first-order valence-corrected chi connectivity index (χ1v) is 6.01. The van der Waals surface area contributed by atoms with Crippen LogP contribution >= 0.6 is 0 Å². The number of carbonyl (C=O) groups excluding carboxylic acids is 3. The number of ether oxygens (including phenoxy) is 6. The Labute approximate surface area is 134 Å². The van der Waals surface area contributed by atoms with Crippen LogP contribution in [0.5, 0.6) is 17.2 Å². The number of hydrogen-bond acceptors (Lipinski definition) is 10. The molecule has 1 N–H and O–H groups in total. The van der Waals surface area contributed by atoms with Gasteiger partial charge in [0.25, 0.3) is 0 Å². The van der Waals surface area contributed by atoms with Crippen molar-refractivity contribution in [1.82, 2.24) is 0 Å². The number of carboxylic acids is 1. The molecule has 0 saturated heterocycles. The zero-order valence-corrected chi connectivity index (χ0v) is 12.7. The molecule has 130 valence electrons. The lowest BCUT2D eigenvalue weighted by Gasteiger charge is -2.14. The molecule has 0 amide bonds. The van der Waals surface area contributed by atoms with E-state index in [9.17, 15) is 19.2 Å². The Morgan fingerprint density at radius 3 is 1.46 bits per heavy atom. The van der Waals surface area contributed by atoms with E-state index in [2.05, 4.69) is 14.2 Å². The van der Waals surface area contributed by atoms with Crippen LogP contribution in [0.2, 0.25) is 0 Å². The monoisotopic (exact) mass is 344 g/mol. The van der Waals surface area contributed by atoms with Crippen molar-refractivity contribution < 1.29 is 52.7 Å². The zero-order chi connectivity index (χ0) is 18.3. The Morgan fingerprint density at radius 1 is 0.750 bits per heavy atom. The number of benzene rings is 1. The largest absolute Gasteiger partial charge is 0.513 e. The minimum absolute atomic E-state index is 0.440. The van der Waals surface area contributed by atoms with E-state index in [1.54, 1.807) is 0 Å². The van der Waals surface area contributed by atoms with E-state index in [0.29, 0.717) is 0 Å². The first kappa shape index (κ1) is 18.5. The summed E-state index contributed by atoms with van der Waals surface area (Å²) in [5, 5.41) is 9.06. The number of carbonyl (C=O) groups is 4. The molecule has 11 heteroatoms. The highest BCUT2D eigenvalue weighted by atomic mass is 16.8. The van der Waals surface area contributed by atoms with Gasteiger partial charge in [0.1, 0.15) is 0 Å². The number of aromatic carboxylic acids is 1. The number of rotatable bonds is 4. The highest BCUT2D eigenvalue weighted by Crippen LogP contribution is 2.39. The maximum atomic E-state index is 11.3. The summed E-state index contributed by atoms with van der Waals surface area (Å²) in [6.45, 7) is 0. The maximum Gasteiger partial charge on any atom is 0.513 e. The topological polar surface area (TPSA) is 144 Å². The van der Waals surface area contributed by atoms with Crippen molar-refractivity contribution in [2.24, 2.45) is 0 Å². The Balaban J connectivity index is 3.48. The fourth-order valence-electron chi connectivity index (χ4n) is 1.34. The molecule has 24 heavy (non-hydrogen) atoms. The number of hydrogen-bond donors (Lipinski definition) is 1. The van der Waals surface area contributed by atoms with Crippen molar-refractivity contribution in [3.8, 4) is 17.2 Å². The molecule has 0 unspecified atom stereocenters. The van der Waals surface area contributed by atoms with Gasteiger partial charge in [-0.25, -0.2) is 19.2 Å². The normalized spacial score (nSPS) is 9.46. The lowest BCUT2D eigenvalue weighted by atomic mass is 10.2. The van der Waals surface area contributed by atoms with Gasteiger partial charge in [-0.15, -0.1) is 0 Å².